The average molecular weight is 418 g/mol. The van der Waals surface area contributed by atoms with Gasteiger partial charge in [-0.2, -0.15) is 0 Å². The molecule has 3 aromatic heterocycles. The number of aromatic nitrogens is 3. The van der Waals surface area contributed by atoms with Crippen molar-refractivity contribution in [3.05, 3.63) is 36.3 Å². The molecule has 5 heterocycles. The van der Waals surface area contributed by atoms with Crippen LogP contribution in [0.5, 0.6) is 0 Å². The molecule has 0 amide bonds. The summed E-state index contributed by atoms with van der Waals surface area (Å²) >= 11 is 0. The Kier molecular flexibility index (Phi) is 5.41. The molecule has 1 N–H and O–H groups in total. The fourth-order valence-corrected chi connectivity index (χ4v) is 6.71. The van der Waals surface area contributed by atoms with Crippen LogP contribution in [-0.4, -0.2) is 63.5 Å². The van der Waals surface area contributed by atoms with E-state index < -0.39 is 0 Å². The highest BCUT2D eigenvalue weighted by molar-refractivity contribution is 6.05. The van der Waals surface area contributed by atoms with Crippen LogP contribution in [0.2, 0.25) is 0 Å². The van der Waals surface area contributed by atoms with E-state index in [4.69, 9.17) is 0 Å². The van der Waals surface area contributed by atoms with Crippen molar-refractivity contribution >= 4 is 21.9 Å². The van der Waals surface area contributed by atoms with Gasteiger partial charge in [-0.3, -0.25) is 0 Å². The second-order valence-electron chi connectivity index (χ2n) is 10.2. The molecule has 3 fully saturated rings. The largest absolute Gasteiger partial charge is 0.360 e. The first kappa shape index (κ1) is 19.7. The van der Waals surface area contributed by atoms with E-state index in [1.807, 2.05) is 12.4 Å². The Bertz CT molecular complexity index is 1040. The summed E-state index contributed by atoms with van der Waals surface area (Å²) in [6.45, 7) is 6.62. The summed E-state index contributed by atoms with van der Waals surface area (Å²) < 4.78 is 0. The van der Waals surface area contributed by atoms with Gasteiger partial charge in [0.05, 0.1) is 11.7 Å². The van der Waals surface area contributed by atoms with Crippen LogP contribution in [0.15, 0.2) is 30.7 Å². The van der Waals surface area contributed by atoms with E-state index in [9.17, 15) is 0 Å². The van der Waals surface area contributed by atoms with Gasteiger partial charge in [-0.1, -0.05) is 6.42 Å². The highest BCUT2D eigenvalue weighted by Crippen LogP contribution is 2.40. The molecule has 2 saturated heterocycles. The second kappa shape index (κ2) is 8.51. The molecule has 1 aliphatic carbocycles. The number of aromatic amines is 1. The van der Waals surface area contributed by atoms with Gasteiger partial charge >= 0.3 is 0 Å². The average Bonchev–Trinajstić information content (AvgIpc) is 3.51. The van der Waals surface area contributed by atoms with E-state index in [-0.39, 0.29) is 0 Å². The second-order valence-corrected chi connectivity index (χ2v) is 10.2. The lowest BCUT2D eigenvalue weighted by Crippen LogP contribution is -2.46. The Morgan fingerprint density at radius 2 is 1.90 bits per heavy atom. The molecular weight excluding hydrogens is 382 g/mol. The molecule has 0 spiro atoms. The molecule has 0 radical (unpaired) electrons. The fourth-order valence-electron chi connectivity index (χ4n) is 6.71. The molecule has 31 heavy (non-hydrogen) atoms. The molecule has 2 aliphatic heterocycles. The molecule has 164 valence electrons. The van der Waals surface area contributed by atoms with Gasteiger partial charge in [0.2, 0.25) is 0 Å². The maximum Gasteiger partial charge on any atom is 0.159 e. The summed E-state index contributed by atoms with van der Waals surface area (Å²) in [5, 5.41) is 2.55. The van der Waals surface area contributed by atoms with Crippen LogP contribution in [-0.2, 0) is 0 Å². The summed E-state index contributed by atoms with van der Waals surface area (Å²) in [6.07, 6.45) is 16.9. The van der Waals surface area contributed by atoms with Crippen molar-refractivity contribution in [2.75, 3.05) is 32.7 Å². The van der Waals surface area contributed by atoms with Gasteiger partial charge in [0, 0.05) is 42.3 Å². The first-order chi connectivity index (χ1) is 15.3. The smallest absolute Gasteiger partial charge is 0.159 e. The normalized spacial score (nSPS) is 28.6. The minimum Gasteiger partial charge on any atom is -0.360 e. The number of pyridine rings is 2. The minimum absolute atomic E-state index is 0.635. The van der Waals surface area contributed by atoms with Gasteiger partial charge in [-0.25, -0.2) is 9.97 Å². The molecule has 0 aromatic carbocycles. The number of piperidine rings is 1. The zero-order valence-corrected chi connectivity index (χ0v) is 18.6. The predicted octanol–water partition coefficient (Wildman–Crippen LogP) is 4.95. The monoisotopic (exact) mass is 417 g/mol. The Morgan fingerprint density at radius 1 is 0.968 bits per heavy atom. The number of likely N-dealkylation sites (tertiary alicyclic amines) is 2. The van der Waals surface area contributed by atoms with E-state index in [0.717, 1.165) is 23.1 Å². The SMILES string of the molecule is c1cc2c(n1)ncc1[nH]ccc(C3CCCC(N4CCCC(CN5CCCC5)C4)C3)c12. The van der Waals surface area contributed by atoms with Gasteiger partial charge in [0.15, 0.2) is 5.65 Å². The molecule has 3 atom stereocenters. The van der Waals surface area contributed by atoms with Crippen molar-refractivity contribution in [3.63, 3.8) is 0 Å². The van der Waals surface area contributed by atoms with E-state index in [2.05, 4.69) is 43.1 Å². The lowest BCUT2D eigenvalue weighted by atomic mass is 9.79. The van der Waals surface area contributed by atoms with Crippen LogP contribution in [0.1, 0.15) is 62.8 Å². The first-order valence-corrected chi connectivity index (χ1v) is 12.5. The number of fused-ring (bicyclic) bond motifs is 3. The number of rotatable bonds is 4. The van der Waals surface area contributed by atoms with Crippen LogP contribution in [0.3, 0.4) is 0 Å². The van der Waals surface area contributed by atoms with Crippen LogP contribution in [0.25, 0.3) is 21.9 Å². The van der Waals surface area contributed by atoms with Gasteiger partial charge in [-0.05, 0) is 94.1 Å². The van der Waals surface area contributed by atoms with Crippen molar-refractivity contribution in [1.29, 1.82) is 0 Å². The molecule has 1 saturated carbocycles. The van der Waals surface area contributed by atoms with Crippen molar-refractivity contribution in [3.8, 4) is 0 Å². The van der Waals surface area contributed by atoms with Gasteiger partial charge in [-0.15, -0.1) is 0 Å². The molecule has 6 rings (SSSR count). The Hall–Kier alpha value is -1.98. The predicted molar refractivity (Wildman–Crippen MR) is 126 cm³/mol. The molecule has 3 unspecified atom stereocenters. The summed E-state index contributed by atoms with van der Waals surface area (Å²) in [6, 6.07) is 5.21. The molecule has 5 heteroatoms. The molecule has 3 aromatic rings. The van der Waals surface area contributed by atoms with E-state index >= 15 is 0 Å². The summed E-state index contributed by atoms with van der Waals surface area (Å²) in [7, 11) is 0. The van der Waals surface area contributed by atoms with Crippen molar-refractivity contribution in [2.45, 2.75) is 63.3 Å². The standard InChI is InChI=1S/C26H35N5/c1-2-13-30(12-1)17-19-5-4-14-31(18-19)21-7-3-6-20(15-21)22-8-10-27-24-16-29-26-23(25(22)24)9-11-28-26/h8-11,16,19-21,27H,1-7,12-15,17-18H2. The number of nitrogens with one attached hydrogen (secondary N) is 1. The molecular formula is C26H35N5. The van der Waals surface area contributed by atoms with Gasteiger partial charge in [0.1, 0.15) is 0 Å². The van der Waals surface area contributed by atoms with E-state index in [1.165, 1.54) is 100 Å². The van der Waals surface area contributed by atoms with E-state index in [0.29, 0.717) is 5.92 Å². The topological polar surface area (TPSA) is 48.1 Å². The van der Waals surface area contributed by atoms with Crippen LogP contribution < -0.4 is 0 Å². The van der Waals surface area contributed by atoms with Gasteiger partial charge in [0.25, 0.3) is 0 Å². The zero-order chi connectivity index (χ0) is 20.6. The number of nitrogens with zero attached hydrogens (tertiary/aromatic N) is 4. The highest BCUT2D eigenvalue weighted by atomic mass is 15.2. The lowest BCUT2D eigenvalue weighted by molar-refractivity contribution is 0.0799. The van der Waals surface area contributed by atoms with E-state index in [1.54, 1.807) is 0 Å². The maximum absolute atomic E-state index is 4.54. The zero-order valence-electron chi connectivity index (χ0n) is 18.6. The van der Waals surface area contributed by atoms with Crippen molar-refractivity contribution in [1.82, 2.24) is 24.8 Å². The Balaban J connectivity index is 1.22. The number of hydrogen-bond donors (Lipinski definition) is 1. The molecule has 5 nitrogen and oxygen atoms in total. The molecule has 0 bridgehead atoms. The minimum atomic E-state index is 0.635. The quantitative estimate of drug-likeness (QED) is 0.653. The third kappa shape index (κ3) is 3.87. The first-order valence-electron chi connectivity index (χ1n) is 12.5. The van der Waals surface area contributed by atoms with Gasteiger partial charge < -0.3 is 14.8 Å². The summed E-state index contributed by atoms with van der Waals surface area (Å²) in [5.41, 5.74) is 3.52. The lowest BCUT2D eigenvalue weighted by Gasteiger charge is -2.43. The van der Waals surface area contributed by atoms with Crippen LogP contribution in [0.4, 0.5) is 0 Å². The number of hydrogen-bond acceptors (Lipinski definition) is 4. The van der Waals surface area contributed by atoms with Crippen LogP contribution >= 0.6 is 0 Å². The summed E-state index contributed by atoms with van der Waals surface area (Å²) in [4.78, 5) is 18.0. The fraction of sp³-hybridized carbons (Fsp3) is 0.615. The third-order valence-electron chi connectivity index (χ3n) is 8.19. The van der Waals surface area contributed by atoms with Crippen molar-refractivity contribution < 1.29 is 0 Å². The van der Waals surface area contributed by atoms with Crippen LogP contribution in [0, 0.1) is 5.92 Å². The number of H-pyrrole nitrogens is 1. The molecule has 3 aliphatic rings. The highest BCUT2D eigenvalue weighted by Gasteiger charge is 2.32. The summed E-state index contributed by atoms with van der Waals surface area (Å²) in [5.74, 6) is 1.51. The maximum atomic E-state index is 4.54. The Labute approximate surface area is 185 Å². The third-order valence-corrected chi connectivity index (χ3v) is 8.19. The Morgan fingerprint density at radius 3 is 2.84 bits per heavy atom. The van der Waals surface area contributed by atoms with Crippen molar-refractivity contribution in [2.24, 2.45) is 5.92 Å².